The van der Waals surface area contributed by atoms with Gasteiger partial charge < -0.3 is 14.2 Å². The van der Waals surface area contributed by atoms with E-state index >= 15 is 0 Å². The SMILES string of the molecule is O=C(Nc1nnc(-c2ccc([N+](=O)[O-])cc2)o1)c1cccc(NC(=O)c2cc3ccccc3o2)c1. The Kier molecular flexibility index (Phi) is 5.47. The predicted octanol–water partition coefficient (Wildman–Crippen LogP) is 4.90. The molecular formula is C24H15N5O6. The molecule has 172 valence electrons. The van der Waals surface area contributed by atoms with Crippen LogP contribution in [0.4, 0.5) is 17.4 Å². The molecule has 11 heteroatoms. The van der Waals surface area contributed by atoms with Gasteiger partial charge in [-0.25, -0.2) is 0 Å². The maximum Gasteiger partial charge on any atom is 0.322 e. The Balaban J connectivity index is 1.27. The molecule has 0 bridgehead atoms. The van der Waals surface area contributed by atoms with Gasteiger partial charge in [0.2, 0.25) is 5.89 Å². The fourth-order valence-electron chi connectivity index (χ4n) is 3.31. The zero-order valence-electron chi connectivity index (χ0n) is 17.8. The first kappa shape index (κ1) is 21.5. The van der Waals surface area contributed by atoms with E-state index in [-0.39, 0.29) is 28.9 Å². The van der Waals surface area contributed by atoms with Crippen LogP contribution in [0.1, 0.15) is 20.9 Å². The van der Waals surface area contributed by atoms with Crippen LogP contribution >= 0.6 is 0 Å². The number of rotatable bonds is 6. The topological polar surface area (TPSA) is 153 Å². The average molecular weight is 469 g/mol. The molecule has 35 heavy (non-hydrogen) atoms. The molecule has 2 amide bonds. The van der Waals surface area contributed by atoms with Crippen molar-refractivity contribution >= 4 is 40.2 Å². The molecule has 0 spiro atoms. The highest BCUT2D eigenvalue weighted by atomic mass is 16.6. The molecule has 0 atom stereocenters. The second kappa shape index (κ2) is 8.90. The van der Waals surface area contributed by atoms with Gasteiger partial charge >= 0.3 is 6.01 Å². The number of hydrogen-bond donors (Lipinski definition) is 2. The van der Waals surface area contributed by atoms with Crippen molar-refractivity contribution in [2.45, 2.75) is 0 Å². The van der Waals surface area contributed by atoms with Crippen LogP contribution in [0.5, 0.6) is 0 Å². The van der Waals surface area contributed by atoms with Gasteiger partial charge in [-0.1, -0.05) is 29.4 Å². The van der Waals surface area contributed by atoms with Gasteiger partial charge in [-0.15, -0.1) is 5.10 Å². The van der Waals surface area contributed by atoms with Crippen molar-refractivity contribution in [2.24, 2.45) is 0 Å². The number of furan rings is 1. The van der Waals surface area contributed by atoms with Crippen LogP contribution in [-0.2, 0) is 0 Å². The van der Waals surface area contributed by atoms with E-state index in [0.29, 0.717) is 16.8 Å². The van der Waals surface area contributed by atoms with Crippen LogP contribution in [0.25, 0.3) is 22.4 Å². The van der Waals surface area contributed by atoms with E-state index in [2.05, 4.69) is 20.8 Å². The Morgan fingerprint density at radius 1 is 0.829 bits per heavy atom. The summed E-state index contributed by atoms with van der Waals surface area (Å²) in [4.78, 5) is 35.5. The Morgan fingerprint density at radius 3 is 2.40 bits per heavy atom. The van der Waals surface area contributed by atoms with Crippen LogP contribution in [0.3, 0.4) is 0 Å². The fraction of sp³-hybridized carbons (Fsp3) is 0. The first-order valence-corrected chi connectivity index (χ1v) is 10.3. The standard InChI is InChI=1S/C24H15N5O6/c30-21(26-24-28-27-23(35-24)14-8-10-18(11-9-14)29(32)33)16-5-3-6-17(12-16)25-22(31)20-13-15-4-1-2-7-19(15)34-20/h1-13H,(H,25,31)(H,26,28,30). The second-order valence-corrected chi connectivity index (χ2v) is 7.35. The lowest BCUT2D eigenvalue weighted by Crippen LogP contribution is -2.14. The molecule has 0 aliphatic carbocycles. The van der Waals surface area contributed by atoms with E-state index in [4.69, 9.17) is 8.83 Å². The van der Waals surface area contributed by atoms with Gasteiger partial charge in [0.05, 0.1) is 4.92 Å². The third-order valence-electron chi connectivity index (χ3n) is 5.00. The van der Waals surface area contributed by atoms with Gasteiger partial charge in [0, 0.05) is 34.3 Å². The molecule has 0 saturated carbocycles. The minimum Gasteiger partial charge on any atom is -0.451 e. The lowest BCUT2D eigenvalue weighted by atomic mass is 10.2. The summed E-state index contributed by atoms with van der Waals surface area (Å²) in [6, 6.07) is 20.6. The number of fused-ring (bicyclic) bond motifs is 1. The highest BCUT2D eigenvalue weighted by Crippen LogP contribution is 2.23. The summed E-state index contributed by atoms with van der Waals surface area (Å²) in [6.07, 6.45) is 0. The third kappa shape index (κ3) is 4.59. The minimum absolute atomic E-state index is 0.0749. The first-order valence-electron chi connectivity index (χ1n) is 10.3. The van der Waals surface area contributed by atoms with Crippen LogP contribution in [0.2, 0.25) is 0 Å². The van der Waals surface area contributed by atoms with Gasteiger partial charge in [0.1, 0.15) is 5.58 Å². The summed E-state index contributed by atoms with van der Waals surface area (Å²) in [6.45, 7) is 0. The molecule has 0 fully saturated rings. The number of anilines is 2. The number of nitro groups is 1. The lowest BCUT2D eigenvalue weighted by molar-refractivity contribution is -0.384. The molecule has 0 unspecified atom stereocenters. The van der Waals surface area contributed by atoms with Gasteiger partial charge in [0.15, 0.2) is 5.76 Å². The van der Waals surface area contributed by atoms with Crippen molar-refractivity contribution in [2.75, 3.05) is 10.6 Å². The molecule has 2 aromatic heterocycles. The quantitative estimate of drug-likeness (QED) is 0.263. The summed E-state index contributed by atoms with van der Waals surface area (Å²) in [5, 5.41) is 24.4. The van der Waals surface area contributed by atoms with E-state index in [1.54, 1.807) is 30.3 Å². The van der Waals surface area contributed by atoms with Crippen molar-refractivity contribution < 1.29 is 23.3 Å². The molecular weight excluding hydrogens is 454 g/mol. The lowest BCUT2D eigenvalue weighted by Gasteiger charge is -2.06. The van der Waals surface area contributed by atoms with Gasteiger partial charge in [-0.2, -0.15) is 0 Å². The number of aromatic nitrogens is 2. The second-order valence-electron chi connectivity index (χ2n) is 7.35. The van der Waals surface area contributed by atoms with Crippen molar-refractivity contribution in [3.8, 4) is 11.5 Å². The Labute approximate surface area is 196 Å². The number of carbonyl (C=O) groups excluding carboxylic acids is 2. The highest BCUT2D eigenvalue weighted by Gasteiger charge is 2.16. The minimum atomic E-state index is -0.538. The van der Waals surface area contributed by atoms with E-state index in [1.165, 1.54) is 30.3 Å². The largest absolute Gasteiger partial charge is 0.451 e. The van der Waals surface area contributed by atoms with Crippen LogP contribution in [0, 0.1) is 10.1 Å². The van der Waals surface area contributed by atoms with Gasteiger partial charge in [0.25, 0.3) is 17.5 Å². The zero-order chi connectivity index (χ0) is 24.4. The smallest absolute Gasteiger partial charge is 0.322 e. The van der Waals surface area contributed by atoms with Crippen LogP contribution < -0.4 is 10.6 Å². The molecule has 3 aromatic carbocycles. The molecule has 0 aliphatic heterocycles. The maximum absolute atomic E-state index is 12.7. The molecule has 0 saturated heterocycles. The zero-order valence-corrected chi connectivity index (χ0v) is 17.8. The molecule has 0 radical (unpaired) electrons. The predicted molar refractivity (Wildman–Crippen MR) is 125 cm³/mol. The van der Waals surface area contributed by atoms with Crippen molar-refractivity contribution in [1.29, 1.82) is 0 Å². The average Bonchev–Trinajstić information content (AvgIpc) is 3.51. The summed E-state index contributed by atoms with van der Waals surface area (Å²) in [5.74, 6) is -0.764. The Hall–Kier alpha value is -5.32. The summed E-state index contributed by atoms with van der Waals surface area (Å²) in [5.41, 5.74) is 1.61. The molecule has 2 heterocycles. The van der Waals surface area contributed by atoms with Gasteiger partial charge in [-0.05, 0) is 42.5 Å². The molecule has 11 nitrogen and oxygen atoms in total. The number of nitrogens with one attached hydrogen (secondary N) is 2. The third-order valence-corrected chi connectivity index (χ3v) is 5.00. The summed E-state index contributed by atoms with van der Waals surface area (Å²) < 4.78 is 11.0. The molecule has 5 rings (SSSR count). The van der Waals surface area contributed by atoms with Crippen LogP contribution in [-0.4, -0.2) is 26.9 Å². The summed E-state index contributed by atoms with van der Waals surface area (Å²) >= 11 is 0. The van der Waals surface area contributed by atoms with Crippen LogP contribution in [0.15, 0.2) is 87.7 Å². The number of para-hydroxylation sites is 1. The number of nitrogens with zero attached hydrogens (tertiary/aromatic N) is 3. The number of amides is 2. The van der Waals surface area contributed by atoms with Crippen molar-refractivity contribution in [1.82, 2.24) is 10.2 Å². The number of benzene rings is 3. The normalized spacial score (nSPS) is 10.7. The van der Waals surface area contributed by atoms with Crippen molar-refractivity contribution in [3.63, 3.8) is 0 Å². The Bertz CT molecular complexity index is 1540. The number of non-ortho nitro benzene ring substituents is 1. The first-order chi connectivity index (χ1) is 17.0. The summed E-state index contributed by atoms with van der Waals surface area (Å²) in [7, 11) is 0. The maximum atomic E-state index is 12.7. The number of nitro benzene ring substituents is 1. The van der Waals surface area contributed by atoms with Crippen molar-refractivity contribution in [3.05, 3.63) is 100 Å². The van der Waals surface area contributed by atoms with E-state index in [0.717, 1.165) is 5.39 Å². The van der Waals surface area contributed by atoms with E-state index in [1.807, 2.05) is 18.2 Å². The molecule has 2 N–H and O–H groups in total. The fourth-order valence-corrected chi connectivity index (χ4v) is 3.31. The number of hydrogen-bond acceptors (Lipinski definition) is 8. The monoisotopic (exact) mass is 469 g/mol. The molecule has 0 aliphatic rings. The molecule has 5 aromatic rings. The Morgan fingerprint density at radius 2 is 1.63 bits per heavy atom. The number of carbonyl (C=O) groups is 2. The van der Waals surface area contributed by atoms with Gasteiger partial charge in [-0.3, -0.25) is 25.0 Å². The highest BCUT2D eigenvalue weighted by molar-refractivity contribution is 6.07. The van der Waals surface area contributed by atoms with E-state index < -0.39 is 16.7 Å². The van der Waals surface area contributed by atoms with E-state index in [9.17, 15) is 19.7 Å².